The summed E-state index contributed by atoms with van der Waals surface area (Å²) in [5, 5.41) is 3.95. The van der Waals surface area contributed by atoms with E-state index < -0.39 is 0 Å². The molecule has 62 valence electrons. The second-order valence-corrected chi connectivity index (χ2v) is 3.81. The summed E-state index contributed by atoms with van der Waals surface area (Å²) in [5.74, 6) is 6.92. The van der Waals surface area contributed by atoms with Gasteiger partial charge in [0.25, 0.3) is 0 Å². The Morgan fingerprint density at radius 2 is 1.45 bits per heavy atom. The molecule has 2 saturated carbocycles. The summed E-state index contributed by atoms with van der Waals surface area (Å²) in [7, 11) is 0. The van der Waals surface area contributed by atoms with Crippen molar-refractivity contribution in [2.24, 2.45) is 22.8 Å². The molecule has 2 N–H and O–H groups in total. The Kier molecular flexibility index (Phi) is 1.84. The van der Waals surface area contributed by atoms with Gasteiger partial charge in [0.05, 0.1) is 0 Å². The minimum absolute atomic E-state index is 0.769. The normalized spacial score (nSPS) is 25.5. The third-order valence-electron chi connectivity index (χ3n) is 3.20. The third-order valence-corrected chi connectivity index (χ3v) is 3.20. The Balaban J connectivity index is 1.94. The lowest BCUT2D eigenvalue weighted by Gasteiger charge is -2.35. The van der Waals surface area contributed by atoms with E-state index in [9.17, 15) is 0 Å². The Morgan fingerprint density at radius 3 is 1.64 bits per heavy atom. The Hall–Kier alpha value is -0.530. The minimum atomic E-state index is 0.769. The first-order chi connectivity index (χ1) is 5.42. The number of hydrogen-bond acceptors (Lipinski definition) is 2. The van der Waals surface area contributed by atoms with Gasteiger partial charge in [-0.3, -0.25) is 0 Å². The highest BCUT2D eigenvalue weighted by molar-refractivity contribution is 5.89. The van der Waals surface area contributed by atoms with Crippen LogP contribution >= 0.6 is 0 Å². The first-order valence-electron chi connectivity index (χ1n) is 4.69. The van der Waals surface area contributed by atoms with Crippen LogP contribution in [0.3, 0.4) is 0 Å². The minimum Gasteiger partial charge on any atom is -0.323 e. The van der Waals surface area contributed by atoms with E-state index in [0.29, 0.717) is 0 Å². The lowest BCUT2D eigenvalue weighted by Crippen LogP contribution is -2.33. The molecule has 2 aliphatic rings. The molecule has 2 aliphatic carbocycles. The van der Waals surface area contributed by atoms with Crippen molar-refractivity contribution in [3.05, 3.63) is 0 Å². The fourth-order valence-corrected chi connectivity index (χ4v) is 1.95. The first-order valence-corrected chi connectivity index (χ1v) is 4.69. The van der Waals surface area contributed by atoms with Gasteiger partial charge in [0.2, 0.25) is 0 Å². The SMILES string of the molecule is NN=C(C1CCC1)C1CCC1. The lowest BCUT2D eigenvalue weighted by molar-refractivity contribution is 0.347. The van der Waals surface area contributed by atoms with E-state index in [1.54, 1.807) is 0 Å². The quantitative estimate of drug-likeness (QED) is 0.366. The molecule has 0 unspecified atom stereocenters. The molecule has 0 aromatic carbocycles. The van der Waals surface area contributed by atoms with Crippen LogP contribution in [0.2, 0.25) is 0 Å². The molecule has 11 heavy (non-hydrogen) atoms. The van der Waals surface area contributed by atoms with Crippen LogP contribution in [0.4, 0.5) is 0 Å². The Bertz CT molecular complexity index is 150. The van der Waals surface area contributed by atoms with Crippen molar-refractivity contribution in [3.8, 4) is 0 Å². The fraction of sp³-hybridized carbons (Fsp3) is 0.889. The zero-order chi connectivity index (χ0) is 7.68. The van der Waals surface area contributed by atoms with Gasteiger partial charge in [0.15, 0.2) is 0 Å². The van der Waals surface area contributed by atoms with Crippen molar-refractivity contribution in [1.82, 2.24) is 0 Å². The summed E-state index contributed by atoms with van der Waals surface area (Å²) in [6, 6.07) is 0. The molecule has 2 heteroatoms. The van der Waals surface area contributed by atoms with Crippen LogP contribution in [0.15, 0.2) is 5.10 Å². The maximum atomic E-state index is 5.38. The largest absolute Gasteiger partial charge is 0.323 e. The zero-order valence-corrected chi connectivity index (χ0v) is 6.92. The second-order valence-electron chi connectivity index (χ2n) is 3.81. The smallest absolute Gasteiger partial charge is 0.0437 e. The van der Waals surface area contributed by atoms with E-state index in [1.165, 1.54) is 44.2 Å². The molecule has 0 aromatic heterocycles. The van der Waals surface area contributed by atoms with Crippen LogP contribution in [0, 0.1) is 11.8 Å². The fourth-order valence-electron chi connectivity index (χ4n) is 1.95. The summed E-state index contributed by atoms with van der Waals surface area (Å²) in [6.07, 6.45) is 8.13. The van der Waals surface area contributed by atoms with Crippen LogP contribution in [-0.2, 0) is 0 Å². The molecule has 0 atom stereocenters. The van der Waals surface area contributed by atoms with Gasteiger partial charge in [-0.15, -0.1) is 0 Å². The van der Waals surface area contributed by atoms with E-state index in [1.807, 2.05) is 0 Å². The van der Waals surface area contributed by atoms with Gasteiger partial charge in [0, 0.05) is 5.71 Å². The van der Waals surface area contributed by atoms with Crippen LogP contribution in [0.5, 0.6) is 0 Å². The summed E-state index contributed by atoms with van der Waals surface area (Å²) < 4.78 is 0. The second kappa shape index (κ2) is 2.84. The Labute approximate surface area is 67.9 Å². The van der Waals surface area contributed by atoms with Crippen LogP contribution < -0.4 is 5.84 Å². The number of hydrogen-bond donors (Lipinski definition) is 1. The third kappa shape index (κ3) is 1.15. The van der Waals surface area contributed by atoms with Crippen molar-refractivity contribution >= 4 is 5.71 Å². The van der Waals surface area contributed by atoms with Crippen LogP contribution in [0.25, 0.3) is 0 Å². The van der Waals surface area contributed by atoms with E-state index in [0.717, 1.165) is 11.8 Å². The average molecular weight is 152 g/mol. The zero-order valence-electron chi connectivity index (χ0n) is 6.92. The van der Waals surface area contributed by atoms with Gasteiger partial charge < -0.3 is 5.84 Å². The van der Waals surface area contributed by atoms with E-state index in [-0.39, 0.29) is 0 Å². The molecule has 0 amide bonds. The maximum absolute atomic E-state index is 5.38. The van der Waals surface area contributed by atoms with Crippen molar-refractivity contribution in [3.63, 3.8) is 0 Å². The van der Waals surface area contributed by atoms with Crippen molar-refractivity contribution in [2.75, 3.05) is 0 Å². The molecule has 0 radical (unpaired) electrons. The molecule has 0 spiro atoms. The molecule has 0 saturated heterocycles. The molecular formula is C9H16N2. The van der Waals surface area contributed by atoms with Crippen molar-refractivity contribution in [2.45, 2.75) is 38.5 Å². The highest BCUT2D eigenvalue weighted by atomic mass is 15.1. The number of rotatable bonds is 2. The predicted molar refractivity (Wildman–Crippen MR) is 46.3 cm³/mol. The van der Waals surface area contributed by atoms with Crippen molar-refractivity contribution < 1.29 is 0 Å². The standard InChI is InChI=1S/C9H16N2/c10-11-9(7-3-1-4-7)8-5-2-6-8/h7-8H,1-6,10H2. The topological polar surface area (TPSA) is 38.4 Å². The van der Waals surface area contributed by atoms with Gasteiger partial charge in [-0.1, -0.05) is 12.8 Å². The Morgan fingerprint density at radius 1 is 1.00 bits per heavy atom. The van der Waals surface area contributed by atoms with Crippen LogP contribution in [-0.4, -0.2) is 5.71 Å². The maximum Gasteiger partial charge on any atom is 0.0437 e. The highest BCUT2D eigenvalue weighted by Gasteiger charge is 2.32. The van der Waals surface area contributed by atoms with E-state index in [4.69, 9.17) is 5.84 Å². The molecule has 2 nitrogen and oxygen atoms in total. The molecule has 2 rings (SSSR count). The van der Waals surface area contributed by atoms with Gasteiger partial charge in [-0.05, 0) is 37.5 Å². The van der Waals surface area contributed by atoms with Gasteiger partial charge >= 0.3 is 0 Å². The number of hydrazone groups is 1. The molecule has 2 fully saturated rings. The summed E-state index contributed by atoms with van der Waals surface area (Å²) >= 11 is 0. The van der Waals surface area contributed by atoms with Gasteiger partial charge in [0.1, 0.15) is 0 Å². The monoisotopic (exact) mass is 152 g/mol. The molecule has 0 aliphatic heterocycles. The van der Waals surface area contributed by atoms with E-state index in [2.05, 4.69) is 5.10 Å². The number of nitrogens with zero attached hydrogens (tertiary/aromatic N) is 1. The van der Waals surface area contributed by atoms with Crippen LogP contribution in [0.1, 0.15) is 38.5 Å². The molecule has 0 bridgehead atoms. The van der Waals surface area contributed by atoms with Gasteiger partial charge in [-0.25, -0.2) is 0 Å². The molecule has 0 heterocycles. The number of nitrogens with two attached hydrogens (primary N) is 1. The van der Waals surface area contributed by atoms with Gasteiger partial charge in [-0.2, -0.15) is 5.10 Å². The highest BCUT2D eigenvalue weighted by Crippen LogP contribution is 2.37. The average Bonchev–Trinajstić information content (AvgIpc) is 1.78. The molecular weight excluding hydrogens is 136 g/mol. The summed E-state index contributed by atoms with van der Waals surface area (Å²) in [5.41, 5.74) is 1.34. The summed E-state index contributed by atoms with van der Waals surface area (Å²) in [6.45, 7) is 0. The van der Waals surface area contributed by atoms with Crippen molar-refractivity contribution in [1.29, 1.82) is 0 Å². The van der Waals surface area contributed by atoms with E-state index >= 15 is 0 Å². The first kappa shape index (κ1) is 7.14. The summed E-state index contributed by atoms with van der Waals surface area (Å²) in [4.78, 5) is 0. The predicted octanol–water partition coefficient (Wildman–Crippen LogP) is 1.90. The molecule has 0 aromatic rings. The lowest BCUT2D eigenvalue weighted by atomic mass is 9.71.